The maximum Gasteiger partial charge on any atom is 0.262 e. The minimum absolute atomic E-state index is 0.155. The number of nitrogens with one attached hydrogen (secondary N) is 1. The van der Waals surface area contributed by atoms with Gasteiger partial charge in [-0.1, -0.05) is 12.1 Å². The van der Waals surface area contributed by atoms with Crippen molar-refractivity contribution in [2.75, 3.05) is 11.9 Å². The van der Waals surface area contributed by atoms with E-state index in [0.29, 0.717) is 17.0 Å². The van der Waals surface area contributed by atoms with Crippen molar-refractivity contribution in [3.63, 3.8) is 0 Å². The van der Waals surface area contributed by atoms with Crippen molar-refractivity contribution in [2.24, 2.45) is 0 Å². The highest BCUT2D eigenvalue weighted by molar-refractivity contribution is 9.10. The highest BCUT2D eigenvalue weighted by Gasteiger charge is 2.07. The SMILES string of the molecule is N#Cc1ccccc1NC(=O)COc1cncc(Br)c1. The highest BCUT2D eigenvalue weighted by atomic mass is 79.9. The van der Waals surface area contributed by atoms with Crippen molar-refractivity contribution in [1.29, 1.82) is 5.26 Å². The highest BCUT2D eigenvalue weighted by Crippen LogP contribution is 2.16. The molecule has 1 heterocycles. The molecule has 0 saturated heterocycles. The number of benzene rings is 1. The van der Waals surface area contributed by atoms with E-state index in [9.17, 15) is 4.79 Å². The van der Waals surface area contributed by atoms with Gasteiger partial charge in [0.25, 0.3) is 5.91 Å². The second kappa shape index (κ2) is 6.68. The van der Waals surface area contributed by atoms with Crippen LogP contribution in [0.3, 0.4) is 0 Å². The van der Waals surface area contributed by atoms with Gasteiger partial charge in [-0.05, 0) is 34.1 Å². The summed E-state index contributed by atoms with van der Waals surface area (Å²) in [4.78, 5) is 15.7. The van der Waals surface area contributed by atoms with Crippen molar-refractivity contribution in [3.05, 3.63) is 52.8 Å². The average molecular weight is 332 g/mol. The molecule has 0 radical (unpaired) electrons. The Bertz CT molecular complexity index is 667. The van der Waals surface area contributed by atoms with Gasteiger partial charge in [0.15, 0.2) is 6.61 Å². The van der Waals surface area contributed by atoms with Crippen LogP contribution in [-0.2, 0) is 4.79 Å². The van der Waals surface area contributed by atoms with E-state index in [1.165, 1.54) is 6.20 Å². The number of hydrogen-bond acceptors (Lipinski definition) is 4. The molecule has 2 aromatic rings. The Labute approximate surface area is 124 Å². The number of halogens is 1. The van der Waals surface area contributed by atoms with E-state index in [1.807, 2.05) is 6.07 Å². The number of nitrogens with zero attached hydrogens (tertiary/aromatic N) is 2. The predicted octanol–water partition coefficient (Wildman–Crippen LogP) is 2.73. The molecule has 0 aliphatic carbocycles. The summed E-state index contributed by atoms with van der Waals surface area (Å²) in [6, 6.07) is 10.5. The van der Waals surface area contributed by atoms with Crippen LogP contribution in [0.5, 0.6) is 5.75 Å². The maximum atomic E-state index is 11.8. The number of ether oxygens (including phenoxy) is 1. The van der Waals surface area contributed by atoms with Crippen molar-refractivity contribution in [1.82, 2.24) is 4.98 Å². The van der Waals surface area contributed by atoms with Crippen LogP contribution in [0.4, 0.5) is 5.69 Å². The lowest BCUT2D eigenvalue weighted by Gasteiger charge is -2.08. The van der Waals surface area contributed by atoms with Crippen molar-refractivity contribution < 1.29 is 9.53 Å². The number of pyridine rings is 1. The number of para-hydroxylation sites is 1. The molecular formula is C14H10BrN3O2. The third kappa shape index (κ3) is 3.80. The molecule has 0 bridgehead atoms. The van der Waals surface area contributed by atoms with Gasteiger partial charge >= 0.3 is 0 Å². The summed E-state index contributed by atoms with van der Waals surface area (Å²) < 4.78 is 6.08. The van der Waals surface area contributed by atoms with E-state index in [0.717, 1.165) is 4.47 Å². The lowest BCUT2D eigenvalue weighted by Crippen LogP contribution is -2.20. The molecule has 0 saturated carbocycles. The molecule has 1 amide bonds. The first-order valence-corrected chi connectivity index (χ1v) is 6.50. The molecule has 6 heteroatoms. The summed E-state index contributed by atoms with van der Waals surface area (Å²) in [5, 5.41) is 11.6. The Morgan fingerprint density at radius 1 is 1.40 bits per heavy atom. The zero-order valence-corrected chi connectivity index (χ0v) is 11.9. The van der Waals surface area contributed by atoms with Crippen molar-refractivity contribution in [3.8, 4) is 11.8 Å². The van der Waals surface area contributed by atoms with Crippen LogP contribution in [0.15, 0.2) is 47.2 Å². The third-order valence-corrected chi connectivity index (χ3v) is 2.80. The zero-order valence-electron chi connectivity index (χ0n) is 10.3. The van der Waals surface area contributed by atoms with Crippen molar-refractivity contribution in [2.45, 2.75) is 0 Å². The number of amides is 1. The molecule has 100 valence electrons. The molecule has 1 aromatic heterocycles. The monoisotopic (exact) mass is 331 g/mol. The van der Waals surface area contributed by atoms with Gasteiger partial charge in [0, 0.05) is 10.7 Å². The number of anilines is 1. The van der Waals surface area contributed by atoms with Crippen molar-refractivity contribution >= 4 is 27.5 Å². The third-order valence-electron chi connectivity index (χ3n) is 2.37. The summed E-state index contributed by atoms with van der Waals surface area (Å²) in [6.45, 7) is -0.155. The molecule has 2 rings (SSSR count). The minimum Gasteiger partial charge on any atom is -0.482 e. The van der Waals surface area contributed by atoms with E-state index in [1.54, 1.807) is 36.5 Å². The number of carbonyl (C=O) groups is 1. The standard InChI is InChI=1S/C14H10BrN3O2/c15-11-5-12(8-17-7-11)20-9-14(19)18-13-4-2-1-3-10(13)6-16/h1-5,7-8H,9H2,(H,18,19). The molecule has 1 N–H and O–H groups in total. The molecule has 0 spiro atoms. The minimum atomic E-state index is -0.340. The molecule has 0 unspecified atom stereocenters. The lowest BCUT2D eigenvalue weighted by atomic mass is 10.2. The van der Waals surface area contributed by atoms with Gasteiger partial charge in [0.1, 0.15) is 11.8 Å². The van der Waals surface area contributed by atoms with E-state index in [2.05, 4.69) is 26.2 Å². The Balaban J connectivity index is 1.95. The van der Waals surface area contributed by atoms with Crippen LogP contribution >= 0.6 is 15.9 Å². The van der Waals surface area contributed by atoms with Gasteiger partial charge in [-0.2, -0.15) is 5.26 Å². The summed E-state index contributed by atoms with van der Waals surface area (Å²) in [7, 11) is 0. The first-order chi connectivity index (χ1) is 9.69. The quantitative estimate of drug-likeness (QED) is 0.934. The number of rotatable bonds is 4. The van der Waals surface area contributed by atoms with Crippen LogP contribution in [0.2, 0.25) is 0 Å². The van der Waals surface area contributed by atoms with Gasteiger partial charge in [-0.25, -0.2) is 0 Å². The lowest BCUT2D eigenvalue weighted by molar-refractivity contribution is -0.118. The Hall–Kier alpha value is -2.39. The number of carbonyl (C=O) groups excluding carboxylic acids is 1. The topological polar surface area (TPSA) is 75.0 Å². The normalized spacial score (nSPS) is 9.60. The van der Waals surface area contributed by atoms with E-state index >= 15 is 0 Å². The molecule has 1 aromatic carbocycles. The fourth-order valence-corrected chi connectivity index (χ4v) is 1.84. The zero-order chi connectivity index (χ0) is 14.4. The van der Waals surface area contributed by atoms with Gasteiger partial charge in [-0.3, -0.25) is 9.78 Å². The van der Waals surface area contributed by atoms with Gasteiger partial charge in [0.2, 0.25) is 0 Å². The number of hydrogen-bond donors (Lipinski definition) is 1. The smallest absolute Gasteiger partial charge is 0.262 e. The maximum absolute atomic E-state index is 11.8. The fraction of sp³-hybridized carbons (Fsp3) is 0.0714. The fourth-order valence-electron chi connectivity index (χ4n) is 1.50. The Morgan fingerprint density at radius 2 is 2.20 bits per heavy atom. The Morgan fingerprint density at radius 3 is 2.95 bits per heavy atom. The van der Waals surface area contributed by atoms with Crippen LogP contribution in [0.25, 0.3) is 0 Å². The first kappa shape index (κ1) is 14.0. The van der Waals surface area contributed by atoms with Crippen LogP contribution in [-0.4, -0.2) is 17.5 Å². The van der Waals surface area contributed by atoms with E-state index in [-0.39, 0.29) is 12.5 Å². The Kier molecular flexibility index (Phi) is 4.69. The largest absolute Gasteiger partial charge is 0.482 e. The van der Waals surface area contributed by atoms with E-state index in [4.69, 9.17) is 10.00 Å². The summed E-state index contributed by atoms with van der Waals surface area (Å²) in [5.41, 5.74) is 0.876. The van der Waals surface area contributed by atoms with Crippen LogP contribution in [0.1, 0.15) is 5.56 Å². The summed E-state index contributed by atoms with van der Waals surface area (Å²) >= 11 is 3.26. The molecule has 0 atom stereocenters. The number of aromatic nitrogens is 1. The summed E-state index contributed by atoms with van der Waals surface area (Å²) in [5.74, 6) is 0.149. The molecule has 0 aliphatic heterocycles. The average Bonchev–Trinajstić information content (AvgIpc) is 2.46. The first-order valence-electron chi connectivity index (χ1n) is 5.71. The van der Waals surface area contributed by atoms with Gasteiger partial charge < -0.3 is 10.1 Å². The van der Waals surface area contributed by atoms with Gasteiger partial charge in [-0.15, -0.1) is 0 Å². The molecular weight excluding hydrogens is 322 g/mol. The molecule has 0 aliphatic rings. The molecule has 20 heavy (non-hydrogen) atoms. The second-order valence-electron chi connectivity index (χ2n) is 3.83. The van der Waals surface area contributed by atoms with E-state index < -0.39 is 0 Å². The predicted molar refractivity (Wildman–Crippen MR) is 77.2 cm³/mol. The molecule has 0 fully saturated rings. The summed E-state index contributed by atoms with van der Waals surface area (Å²) in [6.07, 6.45) is 3.14. The van der Waals surface area contributed by atoms with Crippen LogP contribution in [0, 0.1) is 11.3 Å². The second-order valence-corrected chi connectivity index (χ2v) is 4.75. The van der Waals surface area contributed by atoms with Crippen LogP contribution < -0.4 is 10.1 Å². The molecule has 5 nitrogen and oxygen atoms in total. The van der Waals surface area contributed by atoms with Gasteiger partial charge in [0.05, 0.1) is 17.4 Å². The number of nitriles is 1.